The fraction of sp³-hybridized carbons (Fsp3) is 0.538. The number of rotatable bonds is 21. The van der Waals surface area contributed by atoms with Crippen molar-refractivity contribution in [1.82, 2.24) is 0 Å². The Morgan fingerprint density at radius 1 is 0.492 bits per heavy atom. The van der Waals surface area contributed by atoms with Crippen LogP contribution in [0.15, 0.2) is 60.7 Å². The van der Waals surface area contributed by atoms with Crippen LogP contribution in [-0.4, -0.2) is 102 Å². The average molecular weight is 871 g/mol. The van der Waals surface area contributed by atoms with Crippen molar-refractivity contribution in [1.29, 1.82) is 0 Å². The summed E-state index contributed by atoms with van der Waals surface area (Å²) in [5.41, 5.74) is 10.8. The van der Waals surface area contributed by atoms with Crippen molar-refractivity contribution in [3.8, 4) is 23.0 Å². The highest BCUT2D eigenvalue weighted by Crippen LogP contribution is 2.40. The van der Waals surface area contributed by atoms with Gasteiger partial charge < -0.3 is 54.0 Å². The lowest BCUT2D eigenvalue weighted by Gasteiger charge is -2.39. The second-order valence-corrected chi connectivity index (χ2v) is 16.9. The van der Waals surface area contributed by atoms with Gasteiger partial charge in [0.05, 0.1) is 39.6 Å². The Labute approximate surface area is 373 Å². The van der Waals surface area contributed by atoms with Crippen LogP contribution in [0.5, 0.6) is 23.0 Å². The molecule has 344 valence electrons. The van der Waals surface area contributed by atoms with Crippen LogP contribution in [0.4, 0.5) is 0 Å². The first-order valence-corrected chi connectivity index (χ1v) is 23.3. The zero-order valence-corrected chi connectivity index (χ0v) is 37.8. The zero-order valence-electron chi connectivity index (χ0n) is 37.8. The zero-order chi connectivity index (χ0) is 44.7. The maximum absolute atomic E-state index is 10.6. The molecule has 63 heavy (non-hydrogen) atoms. The van der Waals surface area contributed by atoms with E-state index in [9.17, 15) is 25.5 Å². The summed E-state index contributed by atoms with van der Waals surface area (Å²) in [4.78, 5) is 0. The summed E-state index contributed by atoms with van der Waals surface area (Å²) in [6.45, 7) is 10.6. The summed E-state index contributed by atoms with van der Waals surface area (Å²) in [7, 11) is 0. The first-order chi connectivity index (χ1) is 30.7. The van der Waals surface area contributed by atoms with Gasteiger partial charge in [-0.15, -0.1) is 0 Å². The molecule has 1 aliphatic carbocycles. The van der Waals surface area contributed by atoms with Crippen LogP contribution in [0, 0.1) is 0 Å². The van der Waals surface area contributed by atoms with Gasteiger partial charge in [-0.2, -0.15) is 0 Å². The van der Waals surface area contributed by atoms with Crippen molar-refractivity contribution in [2.45, 2.75) is 135 Å². The number of ether oxygens (including phenoxy) is 6. The standard InChI is InChI=1S/C52H70O11/c1-5-20-58-48-36-15-9-17-38(48)31-42-27-35(14-12-24-62-52-47(57)46(56)45(55)44(33-54)63-52)28-43(51(42)61-23-8-4)32-39-18-10-16-37(49(39)59-21-6-2)30-41-26-34(13-11-19-53)25-40(29-36)50(41)60-22-7-3/h9-10,15-18,25-28,44-47,52-57H,5-8,11-14,19-24,29-33H2,1-4H3/t44-,45-,46+,47-,52-/m1/s1. The van der Waals surface area contributed by atoms with E-state index in [4.69, 9.17) is 28.4 Å². The highest BCUT2D eigenvalue weighted by Gasteiger charge is 2.44. The molecular formula is C52H70O11. The summed E-state index contributed by atoms with van der Waals surface area (Å²) < 4.78 is 38.4. The van der Waals surface area contributed by atoms with Gasteiger partial charge in [-0.25, -0.2) is 0 Å². The minimum absolute atomic E-state index is 0.120. The number of fused-ring (bicyclic) bond motifs is 8. The van der Waals surface area contributed by atoms with Crippen LogP contribution in [-0.2, 0) is 48.0 Å². The molecule has 4 aromatic rings. The first kappa shape index (κ1) is 48.3. The minimum atomic E-state index is -1.50. The highest BCUT2D eigenvalue weighted by atomic mass is 16.7. The van der Waals surface area contributed by atoms with Crippen LogP contribution in [0.3, 0.4) is 0 Å². The van der Waals surface area contributed by atoms with E-state index in [1.54, 1.807) is 0 Å². The van der Waals surface area contributed by atoms with Gasteiger partial charge in [0.25, 0.3) is 0 Å². The van der Waals surface area contributed by atoms with Gasteiger partial charge >= 0.3 is 0 Å². The number of benzene rings is 4. The fourth-order valence-electron chi connectivity index (χ4n) is 8.64. The summed E-state index contributed by atoms with van der Waals surface area (Å²) in [6, 6.07) is 21.8. The molecule has 0 unspecified atom stereocenters. The molecule has 0 saturated carbocycles. The Morgan fingerprint density at radius 2 is 0.873 bits per heavy atom. The van der Waals surface area contributed by atoms with Gasteiger partial charge in [-0.3, -0.25) is 0 Å². The van der Waals surface area contributed by atoms with Crippen molar-refractivity contribution < 1.29 is 54.0 Å². The quantitative estimate of drug-likeness (QED) is 0.0476. The molecule has 11 nitrogen and oxygen atoms in total. The van der Waals surface area contributed by atoms with Gasteiger partial charge in [0.2, 0.25) is 0 Å². The van der Waals surface area contributed by atoms with Crippen molar-refractivity contribution in [3.63, 3.8) is 0 Å². The maximum atomic E-state index is 10.6. The van der Waals surface area contributed by atoms with Crippen LogP contribution in [0.1, 0.15) is 122 Å². The molecule has 5 atom stereocenters. The molecule has 1 heterocycles. The third-order valence-corrected chi connectivity index (χ3v) is 11.7. The summed E-state index contributed by atoms with van der Waals surface area (Å²) in [6.07, 6.45) is 1.77. The van der Waals surface area contributed by atoms with Crippen LogP contribution < -0.4 is 18.9 Å². The second-order valence-electron chi connectivity index (χ2n) is 16.9. The normalized spacial score (nSPS) is 19.7. The van der Waals surface area contributed by atoms with Crippen LogP contribution >= 0.6 is 0 Å². The molecule has 2 aliphatic rings. The summed E-state index contributed by atoms with van der Waals surface area (Å²) in [5.74, 6) is 3.50. The van der Waals surface area contributed by atoms with Gasteiger partial charge in [-0.1, -0.05) is 88.4 Å². The SMILES string of the molecule is CCCOc1c2cccc1Cc1cc(CCCO[C@@H]3O[C@H](CO)[C@@H](O)[C@H](O)[C@H]3O)cc(c1OCCC)Cc1cccc(c1OCCC)Cc1cc(CCCO)cc(c1OCCC)C2. The van der Waals surface area contributed by atoms with Crippen molar-refractivity contribution in [2.24, 2.45) is 0 Å². The van der Waals surface area contributed by atoms with Crippen molar-refractivity contribution in [3.05, 3.63) is 116 Å². The van der Waals surface area contributed by atoms with Gasteiger partial charge in [0.15, 0.2) is 6.29 Å². The molecule has 0 radical (unpaired) electrons. The predicted octanol–water partition coefficient (Wildman–Crippen LogP) is 7.19. The molecular weight excluding hydrogens is 801 g/mol. The van der Waals surface area contributed by atoms with E-state index in [2.05, 4.69) is 88.4 Å². The van der Waals surface area contributed by atoms with E-state index in [0.717, 1.165) is 111 Å². The Balaban J connectivity index is 1.48. The van der Waals surface area contributed by atoms with Crippen LogP contribution in [0.25, 0.3) is 0 Å². The molecule has 1 saturated heterocycles. The van der Waals surface area contributed by atoms with E-state index in [1.165, 1.54) is 0 Å². The molecule has 11 heteroatoms. The smallest absolute Gasteiger partial charge is 0.186 e. The average Bonchev–Trinajstić information content (AvgIpc) is 3.28. The molecule has 0 spiro atoms. The Morgan fingerprint density at radius 3 is 1.24 bits per heavy atom. The molecule has 8 bridgehead atoms. The van der Waals surface area contributed by atoms with Crippen molar-refractivity contribution in [2.75, 3.05) is 46.2 Å². The lowest BCUT2D eigenvalue weighted by molar-refractivity contribution is -0.301. The van der Waals surface area contributed by atoms with E-state index in [0.29, 0.717) is 71.4 Å². The molecule has 4 aromatic carbocycles. The number of para-hydroxylation sites is 2. The number of aliphatic hydroxyl groups is 5. The topological polar surface area (TPSA) is 157 Å². The Hall–Kier alpha value is -4.20. The van der Waals surface area contributed by atoms with E-state index >= 15 is 0 Å². The molecule has 0 aromatic heterocycles. The Kier molecular flexibility index (Phi) is 18.5. The molecule has 5 N–H and O–H groups in total. The number of hydrogen-bond acceptors (Lipinski definition) is 11. The number of aliphatic hydroxyl groups excluding tert-OH is 5. The lowest BCUT2D eigenvalue weighted by atomic mass is 9.89. The Bertz CT molecular complexity index is 1940. The van der Waals surface area contributed by atoms with E-state index in [-0.39, 0.29) is 13.2 Å². The monoisotopic (exact) mass is 870 g/mol. The third-order valence-electron chi connectivity index (χ3n) is 11.7. The highest BCUT2D eigenvalue weighted by molar-refractivity contribution is 5.57. The number of hydrogen-bond donors (Lipinski definition) is 5. The molecule has 1 aliphatic heterocycles. The molecule has 6 rings (SSSR count). The largest absolute Gasteiger partial charge is 0.493 e. The maximum Gasteiger partial charge on any atom is 0.186 e. The minimum Gasteiger partial charge on any atom is -0.493 e. The second kappa shape index (κ2) is 24.2. The van der Waals surface area contributed by atoms with E-state index < -0.39 is 37.3 Å². The third kappa shape index (κ3) is 12.3. The van der Waals surface area contributed by atoms with Gasteiger partial charge in [0, 0.05) is 32.3 Å². The molecule has 0 amide bonds. The molecule has 1 fully saturated rings. The van der Waals surface area contributed by atoms with Gasteiger partial charge in [0.1, 0.15) is 47.4 Å². The van der Waals surface area contributed by atoms with Crippen molar-refractivity contribution >= 4 is 0 Å². The van der Waals surface area contributed by atoms with E-state index in [1.807, 2.05) is 0 Å². The first-order valence-electron chi connectivity index (χ1n) is 23.3. The summed E-state index contributed by atoms with van der Waals surface area (Å²) in [5, 5.41) is 50.7. The lowest BCUT2D eigenvalue weighted by Crippen LogP contribution is -2.59. The fourth-order valence-corrected chi connectivity index (χ4v) is 8.64. The summed E-state index contributed by atoms with van der Waals surface area (Å²) >= 11 is 0. The van der Waals surface area contributed by atoms with Gasteiger partial charge in [-0.05, 0) is 107 Å². The van der Waals surface area contributed by atoms with Crippen LogP contribution in [0.2, 0.25) is 0 Å². The number of aryl methyl sites for hydroxylation is 2. The predicted molar refractivity (Wildman–Crippen MR) is 244 cm³/mol.